The van der Waals surface area contributed by atoms with E-state index in [9.17, 15) is 10.4 Å². The van der Waals surface area contributed by atoms with Gasteiger partial charge in [-0.1, -0.05) is 12.1 Å². The normalized spacial score (nSPS) is 15.9. The third-order valence-corrected chi connectivity index (χ3v) is 7.53. The van der Waals surface area contributed by atoms with E-state index in [0.29, 0.717) is 35.0 Å². The van der Waals surface area contributed by atoms with Crippen LogP contribution in [0.3, 0.4) is 0 Å². The van der Waals surface area contributed by atoms with Gasteiger partial charge in [0.2, 0.25) is 0 Å². The van der Waals surface area contributed by atoms with E-state index in [1.54, 1.807) is 38.7 Å². The second-order valence-corrected chi connectivity index (χ2v) is 10.1. The van der Waals surface area contributed by atoms with Crippen LogP contribution in [0.5, 0.6) is 5.75 Å². The van der Waals surface area contributed by atoms with Crippen molar-refractivity contribution in [3.8, 4) is 34.2 Å². The van der Waals surface area contributed by atoms with E-state index in [0.717, 1.165) is 61.4 Å². The molecule has 2 aromatic heterocycles. The molecule has 8 heteroatoms. The molecule has 39 heavy (non-hydrogen) atoms. The van der Waals surface area contributed by atoms with Gasteiger partial charge in [0.15, 0.2) is 0 Å². The molecule has 0 spiro atoms. The highest BCUT2D eigenvalue weighted by Gasteiger charge is 2.23. The third kappa shape index (κ3) is 5.66. The Morgan fingerprint density at radius 1 is 1.18 bits per heavy atom. The molecule has 0 radical (unpaired) electrons. The number of aliphatic hydroxyl groups is 1. The molecule has 0 saturated carbocycles. The van der Waals surface area contributed by atoms with Crippen molar-refractivity contribution in [2.24, 2.45) is 5.92 Å². The Balaban J connectivity index is 1.56. The zero-order valence-corrected chi connectivity index (χ0v) is 22.4. The van der Waals surface area contributed by atoms with Gasteiger partial charge in [-0.05, 0) is 67.8 Å². The fourth-order valence-electron chi connectivity index (χ4n) is 5.44. The monoisotopic (exact) mass is 528 g/mol. The van der Waals surface area contributed by atoms with Gasteiger partial charge in [-0.25, -0.2) is 9.37 Å². The summed E-state index contributed by atoms with van der Waals surface area (Å²) in [6.45, 7) is 5.70. The number of ether oxygens (including phenoxy) is 2. The maximum absolute atomic E-state index is 15.0. The van der Waals surface area contributed by atoms with E-state index in [1.807, 2.05) is 28.7 Å². The number of nitrogens with zero attached hydrogens (tertiary/aromatic N) is 4. The molecule has 1 aliphatic rings. The number of rotatable bonds is 9. The summed E-state index contributed by atoms with van der Waals surface area (Å²) >= 11 is 0. The summed E-state index contributed by atoms with van der Waals surface area (Å²) in [6, 6.07) is 14.8. The Morgan fingerprint density at radius 3 is 2.72 bits per heavy atom. The number of methoxy groups -OCH3 is 1. The van der Waals surface area contributed by atoms with E-state index >= 15 is 4.39 Å². The minimum atomic E-state index is -0.456. The number of aryl methyl sites for hydroxylation is 1. The Labute approximate surface area is 228 Å². The van der Waals surface area contributed by atoms with Crippen LogP contribution in [0.4, 0.5) is 4.39 Å². The predicted octanol–water partition coefficient (Wildman–Crippen LogP) is 5.22. The summed E-state index contributed by atoms with van der Waals surface area (Å²) in [5.41, 5.74) is 5.43. The molecule has 7 nitrogen and oxygen atoms in total. The molecule has 202 valence electrons. The molecule has 1 aliphatic heterocycles. The molecule has 3 heterocycles. The predicted molar refractivity (Wildman–Crippen MR) is 148 cm³/mol. The van der Waals surface area contributed by atoms with Gasteiger partial charge in [0.25, 0.3) is 0 Å². The van der Waals surface area contributed by atoms with Crippen molar-refractivity contribution in [3.05, 3.63) is 77.5 Å². The zero-order chi connectivity index (χ0) is 27.4. The molecule has 1 saturated heterocycles. The number of fused-ring (bicyclic) bond motifs is 1. The lowest BCUT2D eigenvalue weighted by molar-refractivity contribution is 0.0961. The number of aromatic nitrogens is 2. The number of hydrogen-bond donors (Lipinski definition) is 1. The lowest BCUT2D eigenvalue weighted by Crippen LogP contribution is -2.39. The van der Waals surface area contributed by atoms with Crippen LogP contribution in [0.25, 0.3) is 27.9 Å². The topological polar surface area (TPSA) is 83.0 Å². The van der Waals surface area contributed by atoms with E-state index < -0.39 is 5.82 Å². The summed E-state index contributed by atoms with van der Waals surface area (Å²) in [6.07, 6.45) is 5.71. The van der Waals surface area contributed by atoms with Crippen LogP contribution in [0.1, 0.15) is 29.5 Å². The number of hydrogen-bond acceptors (Lipinski definition) is 6. The van der Waals surface area contributed by atoms with Gasteiger partial charge in [0, 0.05) is 42.8 Å². The van der Waals surface area contributed by atoms with Crippen molar-refractivity contribution < 1.29 is 19.0 Å². The van der Waals surface area contributed by atoms with Crippen LogP contribution in [-0.4, -0.2) is 59.3 Å². The highest BCUT2D eigenvalue weighted by molar-refractivity contribution is 5.86. The zero-order valence-electron chi connectivity index (χ0n) is 22.4. The number of likely N-dealkylation sites (tertiary alicyclic amines) is 1. The Morgan fingerprint density at radius 2 is 2.00 bits per heavy atom. The van der Waals surface area contributed by atoms with Crippen molar-refractivity contribution in [1.82, 2.24) is 14.3 Å². The Bertz CT molecular complexity index is 1470. The summed E-state index contributed by atoms with van der Waals surface area (Å²) < 4.78 is 28.7. The molecule has 5 rings (SSSR count). The third-order valence-electron chi connectivity index (χ3n) is 7.53. The standard InChI is InChI=1S/C31H33FN4O3/c1-21-12-25(13-28(32)27(21)18-37)31-26(24-7-5-22(15-33)6-8-24)14-30(29-16-34-20-36(29)31)39-19-23-4-3-9-35(17-23)10-11-38-2/h5-8,12-14,16,20,23,37H,3-4,9-11,17-19H2,1-2H3/t23-/m1/s1. The van der Waals surface area contributed by atoms with E-state index in [1.165, 1.54) is 6.07 Å². The number of aliphatic hydroxyl groups excluding tert-OH is 1. The van der Waals surface area contributed by atoms with Crippen LogP contribution >= 0.6 is 0 Å². The minimum absolute atomic E-state index is 0.285. The maximum atomic E-state index is 15.0. The quantitative estimate of drug-likeness (QED) is 0.321. The molecule has 1 atom stereocenters. The Hall–Kier alpha value is -3.77. The van der Waals surface area contributed by atoms with Crippen LogP contribution < -0.4 is 4.74 Å². The van der Waals surface area contributed by atoms with E-state index in [2.05, 4.69) is 16.0 Å². The van der Waals surface area contributed by atoms with Gasteiger partial charge in [-0.15, -0.1) is 0 Å². The highest BCUT2D eigenvalue weighted by Crippen LogP contribution is 2.39. The molecular formula is C31H33FN4O3. The summed E-state index contributed by atoms with van der Waals surface area (Å²) in [5.74, 6) is 0.649. The first-order chi connectivity index (χ1) is 19.0. The molecule has 0 bridgehead atoms. The van der Waals surface area contributed by atoms with Crippen molar-refractivity contribution in [1.29, 1.82) is 5.26 Å². The van der Waals surface area contributed by atoms with Crippen LogP contribution in [0.15, 0.2) is 55.0 Å². The second kappa shape index (κ2) is 12.0. The molecule has 1 N–H and O–H groups in total. The second-order valence-electron chi connectivity index (χ2n) is 10.1. The van der Waals surface area contributed by atoms with Gasteiger partial charge in [0.05, 0.1) is 49.7 Å². The lowest BCUT2D eigenvalue weighted by Gasteiger charge is -2.32. The molecule has 1 fully saturated rings. The number of halogens is 1. The van der Waals surface area contributed by atoms with Crippen LogP contribution in [0.2, 0.25) is 0 Å². The largest absolute Gasteiger partial charge is 0.491 e. The first-order valence-electron chi connectivity index (χ1n) is 13.3. The van der Waals surface area contributed by atoms with E-state index in [4.69, 9.17) is 9.47 Å². The van der Waals surface area contributed by atoms with Crippen LogP contribution in [-0.2, 0) is 11.3 Å². The van der Waals surface area contributed by atoms with Gasteiger partial charge >= 0.3 is 0 Å². The van der Waals surface area contributed by atoms with Crippen molar-refractivity contribution in [3.63, 3.8) is 0 Å². The lowest BCUT2D eigenvalue weighted by atomic mass is 9.95. The summed E-state index contributed by atoms with van der Waals surface area (Å²) in [4.78, 5) is 6.84. The fourth-order valence-corrected chi connectivity index (χ4v) is 5.44. The average molecular weight is 529 g/mol. The van der Waals surface area contributed by atoms with Crippen LogP contribution in [0, 0.1) is 30.0 Å². The van der Waals surface area contributed by atoms with E-state index in [-0.39, 0.29) is 12.2 Å². The number of pyridine rings is 1. The van der Waals surface area contributed by atoms with Gasteiger partial charge < -0.3 is 19.5 Å². The molecule has 0 aliphatic carbocycles. The molecule has 4 aromatic rings. The van der Waals surface area contributed by atoms with Crippen molar-refractivity contribution >= 4 is 5.52 Å². The number of benzene rings is 2. The first-order valence-corrected chi connectivity index (χ1v) is 13.3. The highest BCUT2D eigenvalue weighted by atomic mass is 19.1. The van der Waals surface area contributed by atoms with Gasteiger partial charge in [0.1, 0.15) is 17.1 Å². The molecule has 0 amide bonds. The van der Waals surface area contributed by atoms with Crippen molar-refractivity contribution in [2.45, 2.75) is 26.4 Å². The summed E-state index contributed by atoms with van der Waals surface area (Å²) in [7, 11) is 1.73. The van der Waals surface area contributed by atoms with Gasteiger partial charge in [-0.2, -0.15) is 5.26 Å². The molecule has 0 unspecified atom stereocenters. The maximum Gasteiger partial charge on any atom is 0.145 e. The number of imidazole rings is 1. The van der Waals surface area contributed by atoms with Crippen molar-refractivity contribution in [2.75, 3.05) is 40.0 Å². The molecular weight excluding hydrogens is 495 g/mol. The minimum Gasteiger partial charge on any atom is -0.491 e. The molecule has 2 aromatic carbocycles. The average Bonchev–Trinajstić information content (AvgIpc) is 3.44. The smallest absolute Gasteiger partial charge is 0.145 e. The number of piperidine rings is 1. The van der Waals surface area contributed by atoms with Gasteiger partial charge in [-0.3, -0.25) is 4.40 Å². The number of nitriles is 1. The fraction of sp³-hybridized carbons (Fsp3) is 0.355. The summed E-state index contributed by atoms with van der Waals surface area (Å²) in [5, 5.41) is 18.9. The first kappa shape index (κ1) is 26.8. The Kier molecular flexibility index (Phi) is 8.22. The SMILES string of the molecule is COCCN1CCC[C@@H](COc2cc(-c3ccc(C#N)cc3)c(-c3cc(C)c(CO)c(F)c3)n3cncc23)C1.